The smallest absolute Gasteiger partial charge is 0.203 e. The summed E-state index contributed by atoms with van der Waals surface area (Å²) in [6.07, 6.45) is 5.43. The van der Waals surface area contributed by atoms with Crippen molar-refractivity contribution < 1.29 is 23.7 Å². The fourth-order valence-electron chi connectivity index (χ4n) is 3.36. The molecule has 0 spiro atoms. The molecule has 3 rings (SSSR count). The van der Waals surface area contributed by atoms with Crippen LogP contribution >= 0.6 is 23.2 Å². The summed E-state index contributed by atoms with van der Waals surface area (Å²) in [6.45, 7) is 0. The first kappa shape index (κ1) is 26.1. The van der Waals surface area contributed by atoms with Crippen LogP contribution in [0.2, 0.25) is 10.0 Å². The summed E-state index contributed by atoms with van der Waals surface area (Å²) < 4.78 is 21.6. The lowest BCUT2D eigenvalue weighted by Crippen LogP contribution is -1.99. The standard InChI is InChI=1S/C27H25Cl2NO5/c1-32-24-15-18(16-25(33-2)27(24)35-4)6-5-17-13-21(29)26(34-3)22(14-17)30-12-11-23(31)19-7-9-20(28)10-8-19/h5-10,12-16H,11H2,1-4H3/b6-5-,30-12?. The number of methoxy groups -OCH3 is 4. The van der Waals surface area contributed by atoms with Gasteiger partial charge in [0.25, 0.3) is 0 Å². The van der Waals surface area contributed by atoms with Crippen LogP contribution in [0.25, 0.3) is 12.2 Å². The van der Waals surface area contributed by atoms with Gasteiger partial charge in [-0.05, 0) is 59.7 Å². The van der Waals surface area contributed by atoms with E-state index in [1.807, 2.05) is 30.4 Å². The van der Waals surface area contributed by atoms with Crippen molar-refractivity contribution in [3.63, 3.8) is 0 Å². The minimum atomic E-state index is -0.0751. The highest BCUT2D eigenvalue weighted by molar-refractivity contribution is 6.32. The van der Waals surface area contributed by atoms with Gasteiger partial charge in [0.05, 0.1) is 33.5 Å². The quantitative estimate of drug-likeness (QED) is 0.163. The molecule has 3 aromatic carbocycles. The molecule has 8 heteroatoms. The Morgan fingerprint density at radius 1 is 0.800 bits per heavy atom. The molecule has 0 heterocycles. The molecule has 0 saturated carbocycles. The number of benzene rings is 3. The van der Waals surface area contributed by atoms with E-state index in [4.69, 9.17) is 42.1 Å². The first-order valence-corrected chi connectivity index (χ1v) is 11.3. The van der Waals surface area contributed by atoms with E-state index in [0.717, 1.165) is 11.1 Å². The molecule has 0 unspecified atom stereocenters. The SMILES string of the molecule is COc1cc(/C=C\c2cc(Cl)c(OC)c(N=CCC(=O)c3ccc(Cl)cc3)c2)cc(OC)c1OC. The maximum absolute atomic E-state index is 12.4. The van der Waals surface area contributed by atoms with E-state index in [1.165, 1.54) is 13.3 Å². The molecular formula is C27H25Cl2NO5. The van der Waals surface area contributed by atoms with Crippen molar-refractivity contribution in [2.45, 2.75) is 6.42 Å². The van der Waals surface area contributed by atoms with Crippen molar-refractivity contribution >= 4 is 53.0 Å². The number of hydrogen-bond acceptors (Lipinski definition) is 6. The van der Waals surface area contributed by atoms with Crippen molar-refractivity contribution in [2.75, 3.05) is 28.4 Å². The molecule has 0 aliphatic rings. The minimum Gasteiger partial charge on any atom is -0.493 e. The molecule has 0 N–H and O–H groups in total. The molecule has 0 saturated heterocycles. The second-order valence-corrected chi connectivity index (χ2v) is 8.14. The van der Waals surface area contributed by atoms with Crippen LogP contribution in [0.1, 0.15) is 27.9 Å². The number of hydrogen-bond donors (Lipinski definition) is 0. The van der Waals surface area contributed by atoms with E-state index in [1.54, 1.807) is 51.7 Å². The molecule has 0 radical (unpaired) electrons. The molecule has 182 valence electrons. The zero-order valence-electron chi connectivity index (χ0n) is 19.8. The van der Waals surface area contributed by atoms with Gasteiger partial charge in [-0.25, -0.2) is 0 Å². The summed E-state index contributed by atoms with van der Waals surface area (Å²) in [7, 11) is 6.21. The highest BCUT2D eigenvalue weighted by atomic mass is 35.5. The Kier molecular flexibility index (Phi) is 9.18. The van der Waals surface area contributed by atoms with Crippen LogP contribution in [0.5, 0.6) is 23.0 Å². The molecule has 3 aromatic rings. The maximum Gasteiger partial charge on any atom is 0.203 e. The van der Waals surface area contributed by atoms with Crippen molar-refractivity contribution in [1.29, 1.82) is 0 Å². The normalized spacial score (nSPS) is 11.1. The number of carbonyl (C=O) groups excluding carboxylic acids is 1. The summed E-state index contributed by atoms with van der Waals surface area (Å²) in [5.41, 5.74) is 2.70. The van der Waals surface area contributed by atoms with E-state index in [-0.39, 0.29) is 12.2 Å². The predicted octanol–water partition coefficient (Wildman–Crippen LogP) is 7.17. The van der Waals surface area contributed by atoms with Gasteiger partial charge in [0.15, 0.2) is 23.0 Å². The largest absolute Gasteiger partial charge is 0.493 e. The van der Waals surface area contributed by atoms with Gasteiger partial charge in [0, 0.05) is 23.2 Å². The fraction of sp³-hybridized carbons (Fsp3) is 0.185. The number of rotatable bonds is 10. The first-order chi connectivity index (χ1) is 16.9. The topological polar surface area (TPSA) is 66.4 Å². The third-order valence-electron chi connectivity index (χ3n) is 5.08. The molecule has 0 amide bonds. The van der Waals surface area contributed by atoms with Crippen molar-refractivity contribution in [2.24, 2.45) is 4.99 Å². The van der Waals surface area contributed by atoms with Gasteiger partial charge in [-0.2, -0.15) is 0 Å². The van der Waals surface area contributed by atoms with Gasteiger partial charge in [0.2, 0.25) is 5.75 Å². The van der Waals surface area contributed by atoms with Crippen molar-refractivity contribution in [3.05, 3.63) is 75.3 Å². The number of halogens is 2. The van der Waals surface area contributed by atoms with Gasteiger partial charge in [-0.3, -0.25) is 9.79 Å². The maximum atomic E-state index is 12.4. The highest BCUT2D eigenvalue weighted by Crippen LogP contribution is 2.39. The van der Waals surface area contributed by atoms with E-state index >= 15 is 0 Å². The number of Topliss-reactive ketones (excluding diaryl/α,β-unsaturated/α-hetero) is 1. The zero-order chi connectivity index (χ0) is 25.4. The molecular weight excluding hydrogens is 489 g/mol. The predicted molar refractivity (Wildman–Crippen MR) is 142 cm³/mol. The third kappa shape index (κ3) is 6.56. The van der Waals surface area contributed by atoms with E-state index in [0.29, 0.717) is 44.3 Å². The second-order valence-electron chi connectivity index (χ2n) is 7.29. The summed E-state index contributed by atoms with van der Waals surface area (Å²) in [5, 5.41) is 0.974. The van der Waals surface area contributed by atoms with Crippen LogP contribution in [0.3, 0.4) is 0 Å². The molecule has 0 atom stereocenters. The fourth-order valence-corrected chi connectivity index (χ4v) is 3.79. The van der Waals surface area contributed by atoms with Gasteiger partial charge in [-0.1, -0.05) is 35.4 Å². The summed E-state index contributed by atoms with van der Waals surface area (Å²) in [4.78, 5) is 16.9. The number of carbonyl (C=O) groups is 1. The van der Waals surface area contributed by atoms with Crippen LogP contribution in [0, 0.1) is 0 Å². The minimum absolute atomic E-state index is 0.0751. The Morgan fingerprint density at radius 3 is 1.91 bits per heavy atom. The monoisotopic (exact) mass is 513 g/mol. The van der Waals surface area contributed by atoms with Crippen LogP contribution in [-0.4, -0.2) is 40.4 Å². The highest BCUT2D eigenvalue weighted by Gasteiger charge is 2.13. The van der Waals surface area contributed by atoms with Crippen molar-refractivity contribution in [3.8, 4) is 23.0 Å². The number of aliphatic imine (C=N–C) groups is 1. The van der Waals surface area contributed by atoms with Crippen LogP contribution < -0.4 is 18.9 Å². The average molecular weight is 514 g/mol. The summed E-state index contributed by atoms with van der Waals surface area (Å²) in [5.74, 6) is 1.97. The molecule has 0 aromatic heterocycles. The zero-order valence-corrected chi connectivity index (χ0v) is 21.3. The average Bonchev–Trinajstić information content (AvgIpc) is 2.86. The Hall–Kier alpha value is -3.48. The van der Waals surface area contributed by atoms with Crippen LogP contribution in [0.15, 0.2) is 53.5 Å². The van der Waals surface area contributed by atoms with E-state index in [9.17, 15) is 4.79 Å². The number of ketones is 1. The number of nitrogens with zero attached hydrogens (tertiary/aromatic N) is 1. The molecule has 0 aliphatic heterocycles. The summed E-state index contributed by atoms with van der Waals surface area (Å²) >= 11 is 12.3. The first-order valence-electron chi connectivity index (χ1n) is 10.6. The molecule has 0 fully saturated rings. The summed E-state index contributed by atoms with van der Waals surface area (Å²) in [6, 6.07) is 14.0. The van der Waals surface area contributed by atoms with Gasteiger partial charge in [0.1, 0.15) is 5.69 Å². The van der Waals surface area contributed by atoms with Gasteiger partial charge >= 0.3 is 0 Å². The Morgan fingerprint density at radius 2 is 1.37 bits per heavy atom. The second kappa shape index (κ2) is 12.3. The van der Waals surface area contributed by atoms with Crippen molar-refractivity contribution in [1.82, 2.24) is 0 Å². The van der Waals surface area contributed by atoms with E-state index in [2.05, 4.69) is 4.99 Å². The lowest BCUT2D eigenvalue weighted by atomic mass is 10.1. The molecule has 6 nitrogen and oxygen atoms in total. The van der Waals surface area contributed by atoms with Gasteiger partial charge in [-0.15, -0.1) is 0 Å². The van der Waals surface area contributed by atoms with Crippen LogP contribution in [0.4, 0.5) is 5.69 Å². The van der Waals surface area contributed by atoms with E-state index < -0.39 is 0 Å². The molecule has 35 heavy (non-hydrogen) atoms. The Balaban J connectivity index is 1.85. The lowest BCUT2D eigenvalue weighted by Gasteiger charge is -2.13. The Labute approximate surface area is 214 Å². The number of ether oxygens (including phenoxy) is 4. The third-order valence-corrected chi connectivity index (χ3v) is 5.61. The Bertz CT molecular complexity index is 1230. The lowest BCUT2D eigenvalue weighted by molar-refractivity contribution is 0.100. The molecule has 0 aliphatic carbocycles. The van der Waals surface area contributed by atoms with Crippen LogP contribution in [-0.2, 0) is 0 Å². The van der Waals surface area contributed by atoms with Gasteiger partial charge < -0.3 is 18.9 Å². The molecule has 0 bridgehead atoms.